The average molecular weight is 366 g/mol. The van der Waals surface area contributed by atoms with E-state index >= 15 is 0 Å². The molecule has 2 aromatic carbocycles. The smallest absolute Gasteiger partial charge is 0.283 e. The molecule has 0 radical (unpaired) electrons. The lowest BCUT2D eigenvalue weighted by Gasteiger charge is -2.31. The molecule has 0 unspecified atom stereocenters. The van der Waals surface area contributed by atoms with Crippen molar-refractivity contribution in [3.05, 3.63) is 65.2 Å². The van der Waals surface area contributed by atoms with Gasteiger partial charge in [-0.1, -0.05) is 56.3 Å². The zero-order valence-electron chi connectivity index (χ0n) is 16.3. The predicted molar refractivity (Wildman–Crippen MR) is 106 cm³/mol. The fourth-order valence-electron chi connectivity index (χ4n) is 3.36. The maximum Gasteiger partial charge on any atom is 0.283 e. The standard InChI is InChI=1S/C22H26N2O3/c1-15(2)19-11-10-16(3)12-20(19)27-14-21(25)24-22(26,13-17(4)23-24)18-8-6-5-7-9-18/h5-12,15,26H,13-14H2,1-4H3/t22-/m0/s1. The molecular formula is C22H26N2O3. The molecule has 1 atom stereocenters. The Kier molecular flexibility index (Phi) is 5.33. The highest BCUT2D eigenvalue weighted by atomic mass is 16.5. The average Bonchev–Trinajstić information content (AvgIpc) is 2.96. The minimum absolute atomic E-state index is 0.185. The number of hydrazone groups is 1. The molecule has 27 heavy (non-hydrogen) atoms. The molecule has 1 amide bonds. The van der Waals surface area contributed by atoms with Gasteiger partial charge in [-0.3, -0.25) is 4.79 Å². The van der Waals surface area contributed by atoms with Crippen molar-refractivity contribution in [3.8, 4) is 5.75 Å². The van der Waals surface area contributed by atoms with E-state index in [1.54, 1.807) is 19.1 Å². The number of carbonyl (C=O) groups is 1. The topological polar surface area (TPSA) is 62.1 Å². The molecule has 1 aliphatic rings. The second kappa shape index (κ2) is 7.53. The molecule has 3 rings (SSSR count). The Morgan fingerprint density at radius 1 is 1.22 bits per heavy atom. The summed E-state index contributed by atoms with van der Waals surface area (Å²) in [5.74, 6) is 0.597. The summed E-state index contributed by atoms with van der Waals surface area (Å²) < 4.78 is 5.85. The van der Waals surface area contributed by atoms with E-state index in [-0.39, 0.29) is 24.9 Å². The van der Waals surface area contributed by atoms with Crippen LogP contribution in [0.3, 0.4) is 0 Å². The Balaban J connectivity index is 1.81. The zero-order valence-corrected chi connectivity index (χ0v) is 16.3. The Morgan fingerprint density at radius 2 is 1.93 bits per heavy atom. The van der Waals surface area contributed by atoms with Crippen molar-refractivity contribution in [1.29, 1.82) is 0 Å². The molecule has 0 bridgehead atoms. The molecule has 0 aromatic heterocycles. The van der Waals surface area contributed by atoms with E-state index < -0.39 is 5.72 Å². The Morgan fingerprint density at radius 3 is 2.59 bits per heavy atom. The van der Waals surface area contributed by atoms with Crippen molar-refractivity contribution in [1.82, 2.24) is 5.01 Å². The van der Waals surface area contributed by atoms with Crippen LogP contribution in [0.1, 0.15) is 49.8 Å². The minimum Gasteiger partial charge on any atom is -0.483 e. The van der Waals surface area contributed by atoms with Crippen LogP contribution in [-0.4, -0.2) is 28.3 Å². The van der Waals surface area contributed by atoms with E-state index in [0.717, 1.165) is 16.1 Å². The molecule has 1 heterocycles. The molecule has 1 N–H and O–H groups in total. The van der Waals surface area contributed by atoms with Crippen molar-refractivity contribution in [2.75, 3.05) is 6.61 Å². The second-order valence-electron chi connectivity index (χ2n) is 7.38. The molecule has 0 aliphatic carbocycles. The van der Waals surface area contributed by atoms with Crippen LogP contribution in [0.4, 0.5) is 0 Å². The summed E-state index contributed by atoms with van der Waals surface area (Å²) in [6.07, 6.45) is 0.282. The Bertz CT molecular complexity index is 861. The number of hydrogen-bond acceptors (Lipinski definition) is 4. The molecule has 0 fully saturated rings. The highest BCUT2D eigenvalue weighted by molar-refractivity contribution is 5.89. The SMILES string of the molecule is CC1=NN(C(=O)COc2cc(C)ccc2C(C)C)[C@@](O)(c2ccccc2)C1. The monoisotopic (exact) mass is 366 g/mol. The number of ether oxygens (including phenoxy) is 1. The first kappa shape index (κ1) is 19.1. The van der Waals surface area contributed by atoms with Crippen LogP contribution in [0.25, 0.3) is 0 Å². The van der Waals surface area contributed by atoms with Crippen molar-refractivity contribution in [2.45, 2.75) is 45.8 Å². The lowest BCUT2D eigenvalue weighted by molar-refractivity contribution is -0.159. The number of nitrogens with zero attached hydrogens (tertiary/aromatic N) is 2. The predicted octanol–water partition coefficient (Wildman–Crippen LogP) is 3.95. The van der Waals surface area contributed by atoms with Gasteiger partial charge in [-0.05, 0) is 37.0 Å². The fourth-order valence-corrected chi connectivity index (χ4v) is 3.36. The first-order valence-corrected chi connectivity index (χ1v) is 9.19. The molecule has 2 aromatic rings. The Hall–Kier alpha value is -2.66. The van der Waals surface area contributed by atoms with E-state index in [1.165, 1.54) is 0 Å². The van der Waals surface area contributed by atoms with Gasteiger partial charge in [-0.15, -0.1) is 0 Å². The molecule has 0 saturated heterocycles. The number of aryl methyl sites for hydroxylation is 1. The summed E-state index contributed by atoms with van der Waals surface area (Å²) >= 11 is 0. The molecular weight excluding hydrogens is 340 g/mol. The molecule has 142 valence electrons. The van der Waals surface area contributed by atoms with Gasteiger partial charge in [-0.2, -0.15) is 10.1 Å². The van der Waals surface area contributed by atoms with Gasteiger partial charge >= 0.3 is 0 Å². The van der Waals surface area contributed by atoms with E-state index in [2.05, 4.69) is 18.9 Å². The van der Waals surface area contributed by atoms with Crippen LogP contribution >= 0.6 is 0 Å². The van der Waals surface area contributed by atoms with Gasteiger partial charge in [-0.25, -0.2) is 0 Å². The highest BCUT2D eigenvalue weighted by Crippen LogP contribution is 2.35. The first-order valence-electron chi connectivity index (χ1n) is 9.19. The molecule has 1 aliphatic heterocycles. The van der Waals surface area contributed by atoms with Crippen LogP contribution in [0.15, 0.2) is 53.6 Å². The number of rotatable bonds is 5. The van der Waals surface area contributed by atoms with Gasteiger partial charge in [0.2, 0.25) is 0 Å². The molecule has 5 heteroatoms. The van der Waals surface area contributed by atoms with Gasteiger partial charge < -0.3 is 9.84 Å². The normalized spacial score (nSPS) is 19.3. The van der Waals surface area contributed by atoms with E-state index in [9.17, 15) is 9.90 Å². The van der Waals surface area contributed by atoms with E-state index in [0.29, 0.717) is 17.0 Å². The van der Waals surface area contributed by atoms with Crippen LogP contribution in [0, 0.1) is 6.92 Å². The molecule has 0 spiro atoms. The van der Waals surface area contributed by atoms with E-state index in [1.807, 2.05) is 43.3 Å². The van der Waals surface area contributed by atoms with E-state index in [4.69, 9.17) is 4.74 Å². The lowest BCUT2D eigenvalue weighted by Crippen LogP contribution is -2.45. The summed E-state index contributed by atoms with van der Waals surface area (Å²) in [7, 11) is 0. The maximum absolute atomic E-state index is 12.9. The van der Waals surface area contributed by atoms with Crippen molar-refractivity contribution in [3.63, 3.8) is 0 Å². The third-order valence-corrected chi connectivity index (χ3v) is 4.74. The zero-order chi connectivity index (χ0) is 19.6. The maximum atomic E-state index is 12.9. The van der Waals surface area contributed by atoms with Gasteiger partial charge in [0.15, 0.2) is 12.3 Å². The summed E-state index contributed by atoms with van der Waals surface area (Å²) in [5.41, 5.74) is 1.98. The van der Waals surface area contributed by atoms with Crippen molar-refractivity contribution < 1.29 is 14.6 Å². The second-order valence-corrected chi connectivity index (χ2v) is 7.38. The third kappa shape index (κ3) is 3.88. The first-order chi connectivity index (χ1) is 12.8. The Labute approximate surface area is 160 Å². The number of amides is 1. The number of aliphatic hydroxyl groups is 1. The number of carbonyl (C=O) groups excluding carboxylic acids is 1. The van der Waals surface area contributed by atoms with Crippen LogP contribution in [-0.2, 0) is 10.5 Å². The lowest BCUT2D eigenvalue weighted by atomic mass is 9.98. The summed E-state index contributed by atoms with van der Waals surface area (Å²) in [4.78, 5) is 12.9. The number of benzene rings is 2. The summed E-state index contributed by atoms with van der Waals surface area (Å²) in [5, 5.41) is 16.6. The van der Waals surface area contributed by atoms with Gasteiger partial charge in [0, 0.05) is 17.7 Å². The van der Waals surface area contributed by atoms with Crippen molar-refractivity contribution in [2.24, 2.45) is 5.10 Å². The quantitative estimate of drug-likeness (QED) is 0.871. The highest BCUT2D eigenvalue weighted by Gasteiger charge is 2.44. The summed E-state index contributed by atoms with van der Waals surface area (Å²) in [6, 6.07) is 15.1. The molecule has 0 saturated carbocycles. The van der Waals surface area contributed by atoms with Crippen LogP contribution < -0.4 is 4.74 Å². The van der Waals surface area contributed by atoms with Crippen LogP contribution in [0.2, 0.25) is 0 Å². The number of hydrogen-bond donors (Lipinski definition) is 1. The minimum atomic E-state index is -1.47. The van der Waals surface area contributed by atoms with Crippen LogP contribution in [0.5, 0.6) is 5.75 Å². The molecule has 5 nitrogen and oxygen atoms in total. The van der Waals surface area contributed by atoms with Crippen molar-refractivity contribution >= 4 is 11.6 Å². The fraction of sp³-hybridized carbons (Fsp3) is 0.364. The third-order valence-electron chi connectivity index (χ3n) is 4.74. The van der Waals surface area contributed by atoms with Gasteiger partial charge in [0.05, 0.1) is 0 Å². The largest absolute Gasteiger partial charge is 0.483 e. The van der Waals surface area contributed by atoms with Gasteiger partial charge in [0.25, 0.3) is 5.91 Å². The summed E-state index contributed by atoms with van der Waals surface area (Å²) in [6.45, 7) is 7.78. The van der Waals surface area contributed by atoms with Gasteiger partial charge in [0.1, 0.15) is 5.75 Å².